The Morgan fingerprint density at radius 2 is 0.755 bits per heavy atom. The summed E-state index contributed by atoms with van der Waals surface area (Å²) in [4.78, 5) is 136. The molecule has 26 N–H and O–H groups in total. The maximum Gasteiger partial charge on any atom is 0.243 e. The smallest absolute Gasteiger partial charge is 0.243 e. The number of primary amides is 1. The molecule has 7 atom stereocenters. The minimum atomic E-state index is -1.46. The van der Waals surface area contributed by atoms with Gasteiger partial charge in [0.05, 0.1) is 6.04 Å². The fourth-order valence-corrected chi connectivity index (χ4v) is 11.0. The zero-order valence-electron chi connectivity index (χ0n) is 53.5. The van der Waals surface area contributed by atoms with Gasteiger partial charge in [-0.1, -0.05) is 87.2 Å². The van der Waals surface area contributed by atoms with Crippen LogP contribution in [0.25, 0.3) is 32.7 Å². The van der Waals surface area contributed by atoms with Crippen LogP contribution in [0.2, 0.25) is 0 Å². The lowest BCUT2D eigenvalue weighted by molar-refractivity contribution is -0.135. The maximum atomic E-state index is 15.2. The number of nitrogens with zero attached hydrogens (tertiary/aromatic N) is 3. The van der Waals surface area contributed by atoms with Crippen LogP contribution in [0.5, 0.6) is 0 Å². The van der Waals surface area contributed by atoms with E-state index in [9.17, 15) is 24.0 Å². The number of para-hydroxylation sites is 3. The molecule has 3 heterocycles. The Kier molecular flexibility index (Phi) is 29.4. The van der Waals surface area contributed by atoms with Crippen LogP contribution in [-0.2, 0) is 57.6 Å². The first-order valence-electron chi connectivity index (χ1n) is 32.2. The number of nitrogens with one attached hydrogen (secondary N) is 10. The lowest BCUT2D eigenvalue weighted by Crippen LogP contribution is -2.60. The van der Waals surface area contributed by atoms with Crippen LogP contribution < -0.4 is 83.1 Å². The van der Waals surface area contributed by atoms with Crippen molar-refractivity contribution in [2.45, 2.75) is 165 Å². The Bertz CT molecular complexity index is 3560. The number of hydrogen-bond donors (Lipinski definition) is 18. The molecule has 0 unspecified atom stereocenters. The van der Waals surface area contributed by atoms with Gasteiger partial charge in [0.2, 0.25) is 47.3 Å². The number of aromatic amines is 3. The van der Waals surface area contributed by atoms with E-state index >= 15 is 14.4 Å². The summed E-state index contributed by atoms with van der Waals surface area (Å²) >= 11 is 0. The van der Waals surface area contributed by atoms with E-state index < -0.39 is 83.6 Å². The molecule has 6 rings (SSSR count). The molecular weight excluding hydrogens is 1200 g/mol. The van der Waals surface area contributed by atoms with Gasteiger partial charge in [-0.3, -0.25) is 53.3 Å². The fraction of sp³-hybridized carbons (Fsp3) is 0.462. The van der Waals surface area contributed by atoms with Crippen molar-refractivity contribution < 1.29 is 38.4 Å². The van der Waals surface area contributed by atoms with Crippen LogP contribution in [0, 0.1) is 0 Å². The topological polar surface area (TPSA) is 513 Å². The summed E-state index contributed by atoms with van der Waals surface area (Å²) in [6, 6.07) is 12.9. The molecule has 29 heteroatoms. The van der Waals surface area contributed by atoms with Crippen LogP contribution in [0.15, 0.2) is 106 Å². The first kappa shape index (κ1) is 72.9. The van der Waals surface area contributed by atoms with E-state index in [0.29, 0.717) is 48.9 Å². The predicted octanol–water partition coefficient (Wildman–Crippen LogP) is 0.688. The number of rotatable bonds is 42. The molecule has 0 aliphatic heterocycles. The fourth-order valence-electron chi connectivity index (χ4n) is 11.0. The summed E-state index contributed by atoms with van der Waals surface area (Å²) < 4.78 is 0. The number of aromatic nitrogens is 3. The highest BCUT2D eigenvalue weighted by Crippen LogP contribution is 2.23. The van der Waals surface area contributed by atoms with Gasteiger partial charge in [-0.05, 0) is 99.1 Å². The van der Waals surface area contributed by atoms with Gasteiger partial charge in [0.1, 0.15) is 36.3 Å². The van der Waals surface area contributed by atoms with Crippen LogP contribution in [-0.4, -0.2) is 149 Å². The highest BCUT2D eigenvalue weighted by molar-refractivity contribution is 5.99. The van der Waals surface area contributed by atoms with Gasteiger partial charge >= 0.3 is 0 Å². The van der Waals surface area contributed by atoms with Crippen molar-refractivity contribution >= 4 is 97.8 Å². The molecule has 0 aliphatic rings. The number of nitrogens with two attached hydrogens (primary N) is 8. The highest BCUT2D eigenvalue weighted by Gasteiger charge is 2.35. The minimum absolute atomic E-state index is 0.0358. The summed E-state index contributed by atoms with van der Waals surface area (Å²) in [5.41, 5.74) is 50.1. The van der Waals surface area contributed by atoms with Gasteiger partial charge in [0, 0.05) is 103 Å². The summed E-state index contributed by atoms with van der Waals surface area (Å²) in [5.74, 6) is -6.03. The maximum absolute atomic E-state index is 15.2. The van der Waals surface area contributed by atoms with E-state index in [2.05, 4.69) is 74.1 Å². The van der Waals surface area contributed by atoms with Crippen LogP contribution in [0.3, 0.4) is 0 Å². The number of aliphatic imine (C=N–C) groups is 3. The number of unbranched alkanes of at least 4 members (excludes halogenated alkanes) is 5. The van der Waals surface area contributed by atoms with E-state index in [1.54, 1.807) is 18.6 Å². The summed E-state index contributed by atoms with van der Waals surface area (Å²) in [6.07, 6.45) is 12.1. The van der Waals surface area contributed by atoms with Crippen LogP contribution in [0.1, 0.15) is 120 Å². The average molecular weight is 1300 g/mol. The number of fused-ring (bicyclic) bond motifs is 3. The monoisotopic (exact) mass is 1300 g/mol. The molecule has 94 heavy (non-hydrogen) atoms. The molecule has 508 valence electrons. The number of carbonyl (C=O) groups excluding carboxylic acids is 8. The lowest BCUT2D eigenvalue weighted by atomic mass is 10.0. The van der Waals surface area contributed by atoms with Gasteiger partial charge in [-0.15, -0.1) is 0 Å². The third-order valence-corrected chi connectivity index (χ3v) is 16.1. The number of H-pyrrole nitrogens is 3. The first-order valence-corrected chi connectivity index (χ1v) is 32.2. The molecule has 29 nitrogen and oxygen atoms in total. The Balaban J connectivity index is 1.28. The number of amides is 8. The van der Waals surface area contributed by atoms with E-state index in [-0.39, 0.29) is 101 Å². The quantitative estimate of drug-likeness (QED) is 0.0142. The average Bonchev–Trinajstić information content (AvgIpc) is 1.67. The molecule has 3 aromatic carbocycles. The van der Waals surface area contributed by atoms with Gasteiger partial charge < -0.3 is 98.0 Å². The third kappa shape index (κ3) is 23.8. The van der Waals surface area contributed by atoms with E-state index in [1.165, 1.54) is 0 Å². The largest absolute Gasteiger partial charge is 0.370 e. The van der Waals surface area contributed by atoms with Crippen molar-refractivity contribution in [2.24, 2.45) is 60.8 Å². The van der Waals surface area contributed by atoms with Crippen LogP contribution in [0.4, 0.5) is 0 Å². The van der Waals surface area contributed by atoms with Gasteiger partial charge in [-0.2, -0.15) is 0 Å². The zero-order chi connectivity index (χ0) is 67.9. The number of hydrogen-bond acceptors (Lipinski definition) is 12. The SMILES string of the molecule is CCCCCCCC(=O)NCCCC[C@H](NC(=O)[C@@H](Cc1c[nH]c2ccccc12)NC(=O)[C@@H](CCCN=C(N)N)NC(=O)[C@H](Cc1c[nH]c2ccccc12)NC(=O)[C@@H](CCCN=C(N)N)NC(=O)[C@H](Cc1c[nH]c2ccccc12)NC(=O)[C@H](N)CCCN=C(N)N)C(N)=O. The molecule has 0 spiro atoms. The van der Waals surface area contributed by atoms with Crippen molar-refractivity contribution in [3.8, 4) is 0 Å². The molecule has 0 saturated carbocycles. The predicted molar refractivity (Wildman–Crippen MR) is 365 cm³/mol. The number of guanidine groups is 3. The Morgan fingerprint density at radius 1 is 0.404 bits per heavy atom. The van der Waals surface area contributed by atoms with Gasteiger partial charge in [0.15, 0.2) is 17.9 Å². The second-order valence-corrected chi connectivity index (χ2v) is 23.4. The van der Waals surface area contributed by atoms with E-state index in [1.807, 2.05) is 72.8 Å². The molecule has 0 radical (unpaired) electrons. The molecule has 0 saturated heterocycles. The highest BCUT2D eigenvalue weighted by atomic mass is 16.2. The molecule has 0 aliphatic carbocycles. The molecule has 6 aromatic rings. The third-order valence-electron chi connectivity index (χ3n) is 16.1. The molecule has 3 aromatic heterocycles. The van der Waals surface area contributed by atoms with Crippen molar-refractivity contribution in [1.29, 1.82) is 0 Å². The molecule has 0 fully saturated rings. The minimum Gasteiger partial charge on any atom is -0.370 e. The normalized spacial score (nSPS) is 13.4. The van der Waals surface area contributed by atoms with Crippen molar-refractivity contribution in [3.63, 3.8) is 0 Å². The van der Waals surface area contributed by atoms with Gasteiger partial charge in [0.25, 0.3) is 0 Å². The standard InChI is InChI=1S/C65H95N21O8/c1-2-3-4-5-6-28-55(87)74-29-14-13-25-49(56(67)88)81-60(92)53(34-40-37-79-47-23-11-8-19-43(40)47)85-58(90)51(27-17-32-77-65(72)73)83-62(94)54(35-41-38-80-48-24-12-9-20-44(41)48)86-59(91)50(26-16-31-76-64(70)71)82-61(93)52(33-39-36-78-46-22-10-7-18-42(39)46)84-57(89)45(66)21-15-30-75-63(68)69/h7-12,18-20,22-24,36-38,45,49-54,78-80H,2-6,13-17,21,25-35,66H2,1H3,(H2,67,88)(H,74,87)(H,81,92)(H,82,93)(H,83,94)(H,84,89)(H,85,90)(H,86,91)(H4,68,69,75)(H4,70,71,76)(H4,72,73,77)/t45-,49+,50-,51-,52+,53-,54+/m1/s1. The Morgan fingerprint density at radius 3 is 1.16 bits per heavy atom. The Hall–Kier alpha value is -10.2. The molecule has 8 amide bonds. The first-order chi connectivity index (χ1) is 45.2. The second kappa shape index (κ2) is 38.0. The van der Waals surface area contributed by atoms with E-state index in [0.717, 1.165) is 64.8 Å². The van der Waals surface area contributed by atoms with Crippen molar-refractivity contribution in [2.75, 3.05) is 26.2 Å². The zero-order valence-corrected chi connectivity index (χ0v) is 53.5. The van der Waals surface area contributed by atoms with Crippen molar-refractivity contribution in [3.05, 3.63) is 108 Å². The number of carbonyl (C=O) groups is 8. The van der Waals surface area contributed by atoms with Crippen molar-refractivity contribution in [1.82, 2.24) is 52.2 Å². The second-order valence-electron chi connectivity index (χ2n) is 23.4. The summed E-state index contributed by atoms with van der Waals surface area (Å²) in [6.45, 7) is 2.79. The molecular formula is C65H95N21O8. The molecule has 0 bridgehead atoms. The lowest BCUT2D eigenvalue weighted by Gasteiger charge is -2.28. The van der Waals surface area contributed by atoms with E-state index in [4.69, 9.17) is 45.9 Å². The van der Waals surface area contributed by atoms with Crippen LogP contribution >= 0.6 is 0 Å². The number of benzene rings is 3. The summed E-state index contributed by atoms with van der Waals surface area (Å²) in [5, 5.41) is 22.1. The summed E-state index contributed by atoms with van der Waals surface area (Å²) in [7, 11) is 0. The Labute approximate surface area is 546 Å². The van der Waals surface area contributed by atoms with Gasteiger partial charge in [-0.25, -0.2) is 0 Å².